The average molecular weight is 266 g/mol. The molecule has 2 atom stereocenters. The van der Waals surface area contributed by atoms with Crippen LogP contribution in [-0.2, 0) is 7.05 Å². The van der Waals surface area contributed by atoms with Crippen molar-refractivity contribution in [3.63, 3.8) is 0 Å². The van der Waals surface area contributed by atoms with Crippen LogP contribution >= 0.6 is 0 Å². The van der Waals surface area contributed by atoms with Crippen molar-refractivity contribution in [2.75, 3.05) is 19.0 Å². The van der Waals surface area contributed by atoms with Crippen LogP contribution < -0.4 is 16.3 Å². The third-order valence-corrected chi connectivity index (χ3v) is 3.87. The van der Waals surface area contributed by atoms with E-state index in [9.17, 15) is 9.59 Å². The monoisotopic (exact) mass is 266 g/mol. The standard InChI is InChI=1S/C13H22N4O2/c1-9-6-5-7-10(8-9)17-12(18)14-11(15(2)3)16(4)13(17)19/h9-10H,5-8H2,1-4H3. The predicted molar refractivity (Wildman–Crippen MR) is 74.7 cm³/mol. The predicted octanol–water partition coefficient (Wildman–Crippen LogP) is 0.759. The molecule has 0 radical (unpaired) electrons. The van der Waals surface area contributed by atoms with Gasteiger partial charge in [-0.3, -0.25) is 4.57 Å². The maximum absolute atomic E-state index is 12.4. The quantitative estimate of drug-likeness (QED) is 0.793. The molecule has 2 unspecified atom stereocenters. The fourth-order valence-electron chi connectivity index (χ4n) is 2.89. The van der Waals surface area contributed by atoms with Crippen LogP contribution in [-0.4, -0.2) is 28.2 Å². The molecule has 0 N–H and O–H groups in total. The van der Waals surface area contributed by atoms with Crippen LogP contribution in [0.2, 0.25) is 0 Å². The molecule has 0 bridgehead atoms. The van der Waals surface area contributed by atoms with Crippen molar-refractivity contribution in [3.05, 3.63) is 21.0 Å². The van der Waals surface area contributed by atoms with E-state index >= 15 is 0 Å². The molecule has 1 saturated carbocycles. The highest BCUT2D eigenvalue weighted by Gasteiger charge is 2.24. The second kappa shape index (κ2) is 5.19. The Balaban J connectivity index is 2.50. The summed E-state index contributed by atoms with van der Waals surface area (Å²) in [5.74, 6) is 0.957. The van der Waals surface area contributed by atoms with Gasteiger partial charge < -0.3 is 4.90 Å². The Morgan fingerprint density at radius 1 is 1.26 bits per heavy atom. The van der Waals surface area contributed by atoms with E-state index < -0.39 is 5.69 Å². The zero-order chi connectivity index (χ0) is 14.2. The lowest BCUT2D eigenvalue weighted by molar-refractivity contribution is 0.265. The Labute approximate surface area is 112 Å². The van der Waals surface area contributed by atoms with E-state index in [4.69, 9.17) is 0 Å². The van der Waals surface area contributed by atoms with Crippen molar-refractivity contribution in [2.45, 2.75) is 38.6 Å². The van der Waals surface area contributed by atoms with Gasteiger partial charge in [0.15, 0.2) is 0 Å². The zero-order valence-corrected chi connectivity index (χ0v) is 12.1. The average Bonchev–Trinajstić information content (AvgIpc) is 2.33. The van der Waals surface area contributed by atoms with Gasteiger partial charge in [0.25, 0.3) is 0 Å². The molecule has 19 heavy (non-hydrogen) atoms. The van der Waals surface area contributed by atoms with E-state index in [1.807, 2.05) is 0 Å². The van der Waals surface area contributed by atoms with Crippen LogP contribution in [0.1, 0.15) is 38.6 Å². The molecule has 0 saturated heterocycles. The lowest BCUT2D eigenvalue weighted by atomic mass is 9.87. The van der Waals surface area contributed by atoms with Crippen LogP contribution in [0.3, 0.4) is 0 Å². The van der Waals surface area contributed by atoms with Crippen LogP contribution in [0.25, 0.3) is 0 Å². The zero-order valence-electron chi connectivity index (χ0n) is 12.1. The van der Waals surface area contributed by atoms with Crippen LogP contribution in [0, 0.1) is 5.92 Å². The van der Waals surface area contributed by atoms with Gasteiger partial charge in [0.1, 0.15) is 0 Å². The Hall–Kier alpha value is -1.59. The lowest BCUT2D eigenvalue weighted by Gasteiger charge is -2.28. The summed E-state index contributed by atoms with van der Waals surface area (Å²) < 4.78 is 2.78. The molecule has 2 rings (SSSR count). The first-order chi connectivity index (χ1) is 8.91. The summed E-state index contributed by atoms with van der Waals surface area (Å²) in [5, 5.41) is 0. The second-order valence-corrected chi connectivity index (χ2v) is 5.73. The highest BCUT2D eigenvalue weighted by atomic mass is 16.2. The molecule has 6 nitrogen and oxygen atoms in total. The molecule has 1 aromatic rings. The lowest BCUT2D eigenvalue weighted by Crippen LogP contribution is -2.45. The summed E-state index contributed by atoms with van der Waals surface area (Å²) in [4.78, 5) is 30.2. The van der Waals surface area contributed by atoms with Gasteiger partial charge in [-0.05, 0) is 18.8 Å². The van der Waals surface area contributed by atoms with Gasteiger partial charge in [-0.25, -0.2) is 14.2 Å². The SMILES string of the molecule is CC1CCCC(n2c(=O)nc(N(C)C)n(C)c2=O)C1. The third kappa shape index (κ3) is 2.57. The largest absolute Gasteiger partial charge is 0.355 e. The van der Waals surface area contributed by atoms with E-state index in [1.165, 1.54) is 15.6 Å². The van der Waals surface area contributed by atoms with Crippen LogP contribution in [0.15, 0.2) is 9.59 Å². The third-order valence-electron chi connectivity index (χ3n) is 3.87. The van der Waals surface area contributed by atoms with Gasteiger partial charge in [-0.15, -0.1) is 0 Å². The maximum Gasteiger partial charge on any atom is 0.355 e. The highest BCUT2D eigenvalue weighted by molar-refractivity contribution is 5.25. The number of anilines is 1. The molecular formula is C13H22N4O2. The van der Waals surface area contributed by atoms with Gasteiger partial charge in [0.05, 0.1) is 0 Å². The van der Waals surface area contributed by atoms with Crippen LogP contribution in [0.5, 0.6) is 0 Å². The summed E-state index contributed by atoms with van der Waals surface area (Å²) >= 11 is 0. The molecule has 0 spiro atoms. The van der Waals surface area contributed by atoms with Gasteiger partial charge >= 0.3 is 11.4 Å². The fraction of sp³-hybridized carbons (Fsp3) is 0.769. The molecule has 1 aliphatic rings. The number of aromatic nitrogens is 3. The topological polar surface area (TPSA) is 60.1 Å². The normalized spacial score (nSPS) is 23.4. The summed E-state index contributed by atoms with van der Waals surface area (Å²) in [7, 11) is 5.20. The Morgan fingerprint density at radius 2 is 1.95 bits per heavy atom. The second-order valence-electron chi connectivity index (χ2n) is 5.73. The number of hydrogen-bond donors (Lipinski definition) is 0. The highest BCUT2D eigenvalue weighted by Crippen LogP contribution is 2.30. The van der Waals surface area contributed by atoms with Crippen molar-refractivity contribution in [2.24, 2.45) is 13.0 Å². The summed E-state index contributed by atoms with van der Waals surface area (Å²) in [6.07, 6.45) is 4.02. The smallest absolute Gasteiger partial charge is 0.348 e. The van der Waals surface area contributed by atoms with Crippen molar-refractivity contribution in [1.82, 2.24) is 14.1 Å². The summed E-state index contributed by atoms with van der Waals surface area (Å²) in [5.41, 5.74) is -0.686. The van der Waals surface area contributed by atoms with Crippen molar-refractivity contribution < 1.29 is 0 Å². The van der Waals surface area contributed by atoms with E-state index in [1.54, 1.807) is 26.0 Å². The molecule has 1 fully saturated rings. The minimum absolute atomic E-state index is 0.00124. The van der Waals surface area contributed by atoms with Gasteiger partial charge in [-0.2, -0.15) is 4.98 Å². The first-order valence-electron chi connectivity index (χ1n) is 6.78. The van der Waals surface area contributed by atoms with E-state index in [-0.39, 0.29) is 11.7 Å². The first-order valence-corrected chi connectivity index (χ1v) is 6.78. The molecule has 1 aromatic heterocycles. The molecule has 0 aromatic carbocycles. The molecule has 106 valence electrons. The molecule has 1 heterocycles. The first kappa shape index (κ1) is 13.8. The van der Waals surface area contributed by atoms with Gasteiger partial charge in [0, 0.05) is 27.2 Å². The van der Waals surface area contributed by atoms with Gasteiger partial charge in [-0.1, -0.05) is 19.8 Å². The Kier molecular flexibility index (Phi) is 3.78. The molecule has 0 amide bonds. The van der Waals surface area contributed by atoms with E-state index in [0.717, 1.165) is 19.3 Å². The minimum atomic E-state index is -0.425. The summed E-state index contributed by atoms with van der Waals surface area (Å²) in [6.45, 7) is 2.17. The Bertz CT molecular complexity index is 573. The van der Waals surface area contributed by atoms with E-state index in [0.29, 0.717) is 11.9 Å². The minimum Gasteiger partial charge on any atom is -0.348 e. The van der Waals surface area contributed by atoms with Crippen molar-refractivity contribution in [1.29, 1.82) is 0 Å². The maximum atomic E-state index is 12.4. The number of nitrogens with zero attached hydrogens (tertiary/aromatic N) is 4. The molecular weight excluding hydrogens is 244 g/mol. The van der Waals surface area contributed by atoms with Crippen molar-refractivity contribution in [3.8, 4) is 0 Å². The number of rotatable bonds is 2. The van der Waals surface area contributed by atoms with Gasteiger partial charge in [0.2, 0.25) is 5.95 Å². The Morgan fingerprint density at radius 3 is 2.53 bits per heavy atom. The number of hydrogen-bond acceptors (Lipinski definition) is 4. The molecule has 1 aliphatic carbocycles. The van der Waals surface area contributed by atoms with E-state index in [2.05, 4.69) is 11.9 Å². The fourth-order valence-corrected chi connectivity index (χ4v) is 2.89. The van der Waals surface area contributed by atoms with Crippen LogP contribution in [0.4, 0.5) is 5.95 Å². The van der Waals surface area contributed by atoms with Crippen molar-refractivity contribution >= 4 is 5.95 Å². The molecule has 0 aliphatic heterocycles. The summed E-state index contributed by atoms with van der Waals surface area (Å²) in [6, 6.07) is -0.00124. The molecule has 6 heteroatoms.